The summed E-state index contributed by atoms with van der Waals surface area (Å²) in [5, 5.41) is 2.88. The van der Waals surface area contributed by atoms with E-state index in [1.165, 1.54) is 11.9 Å². The number of aromatic nitrogens is 2. The van der Waals surface area contributed by atoms with Gasteiger partial charge in [0.05, 0.1) is 6.10 Å². The maximum atomic E-state index is 12.7. The normalized spacial score (nSPS) is 15.3. The van der Waals surface area contributed by atoms with Crippen molar-refractivity contribution in [2.24, 2.45) is 0 Å². The quantitative estimate of drug-likeness (QED) is 0.692. The number of carbonyl (C=O) groups is 1. The number of nitrogens with one attached hydrogen (secondary N) is 1. The Morgan fingerprint density at radius 1 is 1.14 bits per heavy atom. The summed E-state index contributed by atoms with van der Waals surface area (Å²) >= 11 is 0. The van der Waals surface area contributed by atoms with Crippen molar-refractivity contribution in [3.8, 4) is 5.75 Å². The molecular formula is C23H24N4O2. The molecule has 0 radical (unpaired) electrons. The van der Waals surface area contributed by atoms with Crippen molar-refractivity contribution in [1.82, 2.24) is 9.97 Å². The highest BCUT2D eigenvalue weighted by Gasteiger charge is 2.28. The van der Waals surface area contributed by atoms with Crippen LogP contribution in [0.25, 0.3) is 0 Å². The van der Waals surface area contributed by atoms with Crippen molar-refractivity contribution in [3.63, 3.8) is 0 Å². The molecule has 3 aromatic rings. The summed E-state index contributed by atoms with van der Waals surface area (Å²) in [4.78, 5) is 23.5. The number of nitrogens with zero attached hydrogens (tertiary/aromatic N) is 3. The van der Waals surface area contributed by atoms with E-state index in [0.29, 0.717) is 11.4 Å². The first kappa shape index (κ1) is 18.9. The highest BCUT2D eigenvalue weighted by molar-refractivity contribution is 6.03. The molecule has 2 aromatic carbocycles. The number of hydrogen-bond donors (Lipinski definition) is 1. The Kier molecular flexibility index (Phi) is 5.16. The number of fused-ring (bicyclic) bond motifs is 1. The van der Waals surface area contributed by atoms with Crippen LogP contribution in [0.1, 0.15) is 36.8 Å². The van der Waals surface area contributed by atoms with Crippen LogP contribution >= 0.6 is 0 Å². The van der Waals surface area contributed by atoms with Crippen molar-refractivity contribution in [3.05, 3.63) is 72.2 Å². The van der Waals surface area contributed by atoms with E-state index in [-0.39, 0.29) is 18.1 Å². The molecule has 1 aliphatic rings. The van der Waals surface area contributed by atoms with Crippen LogP contribution in [0.5, 0.6) is 5.75 Å². The highest BCUT2D eigenvalue weighted by Crippen LogP contribution is 2.37. The molecule has 1 amide bonds. The molecule has 6 heteroatoms. The molecule has 1 unspecified atom stereocenters. The number of benzene rings is 2. The predicted octanol–water partition coefficient (Wildman–Crippen LogP) is 4.60. The molecule has 1 N–H and O–H groups in total. The minimum atomic E-state index is -0.272. The van der Waals surface area contributed by atoms with Crippen molar-refractivity contribution in [2.45, 2.75) is 39.3 Å². The fraction of sp³-hybridized carbons (Fsp3) is 0.261. The molecule has 0 bridgehead atoms. The number of ether oxygens (including phenoxy) is 1. The van der Waals surface area contributed by atoms with Gasteiger partial charge in [-0.2, -0.15) is 0 Å². The molecule has 0 fully saturated rings. The van der Waals surface area contributed by atoms with Crippen LogP contribution in [0.15, 0.2) is 60.9 Å². The SMILES string of the molecule is CC(C)Oc1ccc(NC(=O)c2cc(N3c4ccccc4CC3C)ncn2)cc1. The van der Waals surface area contributed by atoms with Crippen LogP contribution in [0.4, 0.5) is 17.2 Å². The number of carbonyl (C=O) groups excluding carboxylic acids is 1. The minimum absolute atomic E-state index is 0.105. The van der Waals surface area contributed by atoms with Gasteiger partial charge in [-0.25, -0.2) is 9.97 Å². The zero-order chi connectivity index (χ0) is 20.4. The first-order valence-electron chi connectivity index (χ1n) is 9.78. The van der Waals surface area contributed by atoms with E-state index >= 15 is 0 Å². The molecule has 0 saturated heterocycles. The summed E-state index contributed by atoms with van der Waals surface area (Å²) in [6.45, 7) is 6.10. The average Bonchev–Trinajstić information content (AvgIpc) is 3.05. The van der Waals surface area contributed by atoms with E-state index in [4.69, 9.17) is 4.74 Å². The van der Waals surface area contributed by atoms with Gasteiger partial charge in [0.15, 0.2) is 0 Å². The molecule has 1 aliphatic heterocycles. The van der Waals surface area contributed by atoms with Gasteiger partial charge in [0.1, 0.15) is 23.6 Å². The maximum Gasteiger partial charge on any atom is 0.274 e. The Bertz CT molecular complexity index is 1020. The highest BCUT2D eigenvalue weighted by atomic mass is 16.5. The van der Waals surface area contributed by atoms with Crippen LogP contribution in [0.3, 0.4) is 0 Å². The van der Waals surface area contributed by atoms with Gasteiger partial charge in [0.2, 0.25) is 0 Å². The Morgan fingerprint density at radius 3 is 2.66 bits per heavy atom. The van der Waals surface area contributed by atoms with Crippen molar-refractivity contribution in [2.75, 3.05) is 10.2 Å². The number of hydrogen-bond acceptors (Lipinski definition) is 5. The molecule has 4 rings (SSSR count). The number of amides is 1. The molecule has 1 aromatic heterocycles. The Labute approximate surface area is 170 Å². The molecule has 0 spiro atoms. The van der Waals surface area contributed by atoms with Gasteiger partial charge in [-0.05, 0) is 63.1 Å². The zero-order valence-corrected chi connectivity index (χ0v) is 16.8. The van der Waals surface area contributed by atoms with E-state index in [0.717, 1.165) is 23.7 Å². The van der Waals surface area contributed by atoms with Gasteiger partial charge in [0.25, 0.3) is 5.91 Å². The summed E-state index contributed by atoms with van der Waals surface area (Å²) in [5.41, 5.74) is 3.43. The molecule has 6 nitrogen and oxygen atoms in total. The number of rotatable bonds is 5. The number of para-hydroxylation sites is 1. The molecule has 148 valence electrons. The van der Waals surface area contributed by atoms with E-state index in [9.17, 15) is 4.79 Å². The molecule has 29 heavy (non-hydrogen) atoms. The molecule has 0 saturated carbocycles. The fourth-order valence-corrected chi connectivity index (χ4v) is 3.60. The van der Waals surface area contributed by atoms with Gasteiger partial charge in [-0.1, -0.05) is 18.2 Å². The second kappa shape index (κ2) is 7.91. The monoisotopic (exact) mass is 388 g/mol. The second-order valence-electron chi connectivity index (χ2n) is 7.46. The fourth-order valence-electron chi connectivity index (χ4n) is 3.60. The standard InChI is InChI=1S/C23H24N4O2/c1-15(2)29-19-10-8-18(9-11-19)26-23(28)20-13-22(25-14-24-20)27-16(3)12-17-6-4-5-7-21(17)27/h4-11,13-16H,12H2,1-3H3,(H,26,28). The van der Waals surface area contributed by atoms with Gasteiger partial charge in [-0.3, -0.25) is 4.79 Å². The predicted molar refractivity (Wildman–Crippen MR) is 114 cm³/mol. The Balaban J connectivity index is 1.52. The minimum Gasteiger partial charge on any atom is -0.491 e. The molecule has 0 aliphatic carbocycles. The largest absolute Gasteiger partial charge is 0.491 e. The lowest BCUT2D eigenvalue weighted by Gasteiger charge is -2.23. The Hall–Kier alpha value is -3.41. The average molecular weight is 388 g/mol. The summed E-state index contributed by atoms with van der Waals surface area (Å²) in [5.74, 6) is 1.22. The number of anilines is 3. The van der Waals surface area contributed by atoms with E-state index in [2.05, 4.69) is 39.2 Å². The van der Waals surface area contributed by atoms with Crippen molar-refractivity contribution < 1.29 is 9.53 Å². The summed E-state index contributed by atoms with van der Waals surface area (Å²) in [6, 6.07) is 17.6. The summed E-state index contributed by atoms with van der Waals surface area (Å²) in [7, 11) is 0. The lowest BCUT2D eigenvalue weighted by Crippen LogP contribution is -2.25. The van der Waals surface area contributed by atoms with Crippen LogP contribution in [0, 0.1) is 0 Å². The van der Waals surface area contributed by atoms with E-state index in [1.807, 2.05) is 50.2 Å². The van der Waals surface area contributed by atoms with Gasteiger partial charge in [-0.15, -0.1) is 0 Å². The summed E-state index contributed by atoms with van der Waals surface area (Å²) < 4.78 is 5.63. The smallest absolute Gasteiger partial charge is 0.274 e. The van der Waals surface area contributed by atoms with Gasteiger partial charge < -0.3 is 15.0 Å². The zero-order valence-electron chi connectivity index (χ0n) is 16.8. The first-order chi connectivity index (χ1) is 14.0. The van der Waals surface area contributed by atoms with Crippen molar-refractivity contribution in [1.29, 1.82) is 0 Å². The molecular weight excluding hydrogens is 364 g/mol. The van der Waals surface area contributed by atoms with Crippen molar-refractivity contribution >= 4 is 23.1 Å². The van der Waals surface area contributed by atoms with Crippen LogP contribution in [0.2, 0.25) is 0 Å². The van der Waals surface area contributed by atoms with Crippen LogP contribution in [-0.4, -0.2) is 28.0 Å². The molecule has 2 heterocycles. The van der Waals surface area contributed by atoms with Gasteiger partial charge >= 0.3 is 0 Å². The third-order valence-electron chi connectivity index (χ3n) is 4.82. The topological polar surface area (TPSA) is 67.3 Å². The Morgan fingerprint density at radius 2 is 1.90 bits per heavy atom. The van der Waals surface area contributed by atoms with Crippen LogP contribution < -0.4 is 15.0 Å². The van der Waals surface area contributed by atoms with E-state index in [1.54, 1.807) is 6.07 Å². The third kappa shape index (κ3) is 4.06. The lowest BCUT2D eigenvalue weighted by molar-refractivity contribution is 0.102. The lowest BCUT2D eigenvalue weighted by atomic mass is 10.1. The van der Waals surface area contributed by atoms with Gasteiger partial charge in [0, 0.05) is 23.5 Å². The first-order valence-corrected chi connectivity index (χ1v) is 9.78. The van der Waals surface area contributed by atoms with E-state index < -0.39 is 0 Å². The third-order valence-corrected chi connectivity index (χ3v) is 4.82. The maximum absolute atomic E-state index is 12.7. The summed E-state index contributed by atoms with van der Waals surface area (Å²) in [6.07, 6.45) is 2.50. The second-order valence-corrected chi connectivity index (χ2v) is 7.46. The van der Waals surface area contributed by atoms with Crippen LogP contribution in [-0.2, 0) is 6.42 Å². The molecule has 1 atom stereocenters.